The summed E-state index contributed by atoms with van der Waals surface area (Å²) in [4.78, 5) is 15.4. The molecule has 1 saturated heterocycles. The first-order chi connectivity index (χ1) is 16.3. The van der Waals surface area contributed by atoms with E-state index in [2.05, 4.69) is 17.0 Å². The standard InChI is InChI=1S/C28H27Cl2NO3/c29-23-12-11-21(15-24(23)30)28(34)14-13-22(20-9-5-2-6-10-20)27(26(32)33)18-31(17-25(27)28)16-19-7-3-1-4-8-19/h1-12,15,22,25,34H,13-14,16-18H2,(H,32,33). The number of aliphatic hydroxyl groups is 1. The van der Waals surface area contributed by atoms with Crippen molar-refractivity contribution in [3.63, 3.8) is 0 Å². The molecule has 6 heteroatoms. The maximum Gasteiger partial charge on any atom is 0.312 e. The number of aliphatic carboxylic acids is 1. The van der Waals surface area contributed by atoms with Crippen LogP contribution < -0.4 is 0 Å². The fourth-order valence-corrected chi connectivity index (χ4v) is 6.58. The van der Waals surface area contributed by atoms with Crippen molar-refractivity contribution in [2.75, 3.05) is 13.1 Å². The van der Waals surface area contributed by atoms with Gasteiger partial charge in [0.05, 0.1) is 21.1 Å². The Hall–Kier alpha value is -2.37. The molecule has 1 aliphatic heterocycles. The molecule has 0 amide bonds. The van der Waals surface area contributed by atoms with Crippen LogP contribution in [-0.4, -0.2) is 34.2 Å². The zero-order chi connectivity index (χ0) is 23.9. The Morgan fingerprint density at radius 2 is 1.65 bits per heavy atom. The highest BCUT2D eigenvalue weighted by Gasteiger charge is 2.66. The highest BCUT2D eigenvalue weighted by Crippen LogP contribution is 2.61. The summed E-state index contributed by atoms with van der Waals surface area (Å²) in [5.74, 6) is -1.59. The molecule has 3 aromatic rings. The van der Waals surface area contributed by atoms with Gasteiger partial charge in [-0.3, -0.25) is 9.69 Å². The van der Waals surface area contributed by atoms with E-state index in [1.54, 1.807) is 18.2 Å². The summed E-state index contributed by atoms with van der Waals surface area (Å²) in [6.07, 6.45) is 1.01. The number of hydrogen-bond donors (Lipinski definition) is 2. The van der Waals surface area contributed by atoms with E-state index in [-0.39, 0.29) is 5.92 Å². The summed E-state index contributed by atoms with van der Waals surface area (Å²) in [6, 6.07) is 25.1. The Labute approximate surface area is 209 Å². The average Bonchev–Trinajstić information content (AvgIpc) is 3.24. The third-order valence-electron chi connectivity index (χ3n) is 7.83. The second-order valence-electron chi connectivity index (χ2n) is 9.61. The lowest BCUT2D eigenvalue weighted by Crippen LogP contribution is -2.56. The van der Waals surface area contributed by atoms with Crippen LogP contribution in [0, 0.1) is 11.3 Å². The van der Waals surface area contributed by atoms with Crippen LogP contribution in [0.3, 0.4) is 0 Å². The van der Waals surface area contributed by atoms with E-state index in [1.165, 1.54) is 0 Å². The van der Waals surface area contributed by atoms with Crippen molar-refractivity contribution < 1.29 is 15.0 Å². The van der Waals surface area contributed by atoms with Crippen LogP contribution in [0.15, 0.2) is 78.9 Å². The molecule has 2 aliphatic rings. The van der Waals surface area contributed by atoms with Crippen molar-refractivity contribution in [2.45, 2.75) is 30.9 Å². The van der Waals surface area contributed by atoms with E-state index in [0.29, 0.717) is 48.1 Å². The van der Waals surface area contributed by atoms with Crippen molar-refractivity contribution in [3.05, 3.63) is 106 Å². The highest BCUT2D eigenvalue weighted by molar-refractivity contribution is 6.42. The molecule has 4 atom stereocenters. The molecule has 3 aromatic carbocycles. The topological polar surface area (TPSA) is 60.8 Å². The van der Waals surface area contributed by atoms with E-state index in [1.807, 2.05) is 48.5 Å². The first-order valence-electron chi connectivity index (χ1n) is 11.6. The third kappa shape index (κ3) is 3.83. The molecule has 176 valence electrons. The Morgan fingerprint density at radius 3 is 2.29 bits per heavy atom. The zero-order valence-electron chi connectivity index (χ0n) is 18.7. The Bertz CT molecular complexity index is 1190. The summed E-state index contributed by atoms with van der Waals surface area (Å²) in [6.45, 7) is 1.47. The SMILES string of the molecule is O=C(O)C12CN(Cc3ccccc3)CC1C(O)(c1ccc(Cl)c(Cl)c1)CCC2c1ccccc1. The summed E-state index contributed by atoms with van der Waals surface area (Å²) in [5.41, 5.74) is 0.285. The Kier molecular flexibility index (Phi) is 6.19. The number of hydrogen-bond acceptors (Lipinski definition) is 3. The predicted molar refractivity (Wildman–Crippen MR) is 134 cm³/mol. The highest BCUT2D eigenvalue weighted by atomic mass is 35.5. The monoisotopic (exact) mass is 495 g/mol. The fourth-order valence-electron chi connectivity index (χ4n) is 6.28. The third-order valence-corrected chi connectivity index (χ3v) is 8.57. The van der Waals surface area contributed by atoms with Crippen molar-refractivity contribution in [1.82, 2.24) is 4.90 Å². The summed E-state index contributed by atoms with van der Waals surface area (Å²) in [7, 11) is 0. The minimum atomic E-state index is -1.33. The number of carboxylic acids is 1. The van der Waals surface area contributed by atoms with Gasteiger partial charge >= 0.3 is 5.97 Å². The number of carboxylic acid groups (broad SMARTS) is 1. The van der Waals surface area contributed by atoms with Crippen LogP contribution in [0.2, 0.25) is 10.0 Å². The van der Waals surface area contributed by atoms with Gasteiger partial charge in [-0.25, -0.2) is 0 Å². The van der Waals surface area contributed by atoms with Crippen molar-refractivity contribution in [1.29, 1.82) is 0 Å². The van der Waals surface area contributed by atoms with E-state index in [0.717, 1.165) is 11.1 Å². The Morgan fingerprint density at radius 1 is 0.971 bits per heavy atom. The van der Waals surface area contributed by atoms with Gasteiger partial charge in [0.15, 0.2) is 0 Å². The van der Waals surface area contributed by atoms with E-state index >= 15 is 0 Å². The van der Waals surface area contributed by atoms with Crippen molar-refractivity contribution in [2.24, 2.45) is 11.3 Å². The normalized spacial score (nSPS) is 29.0. The molecule has 0 bridgehead atoms. The molecule has 4 unspecified atom stereocenters. The number of likely N-dealkylation sites (tertiary alicyclic amines) is 1. The number of nitrogens with zero attached hydrogens (tertiary/aromatic N) is 1. The second kappa shape index (κ2) is 9.01. The number of rotatable bonds is 5. The lowest BCUT2D eigenvalue weighted by molar-refractivity contribution is -0.169. The number of halogens is 2. The summed E-state index contributed by atoms with van der Waals surface area (Å²) in [5, 5.41) is 23.8. The second-order valence-corrected chi connectivity index (χ2v) is 10.4. The summed E-state index contributed by atoms with van der Waals surface area (Å²) >= 11 is 12.5. The molecular formula is C28H27Cl2NO3. The van der Waals surface area contributed by atoms with Gasteiger partial charge in [0.1, 0.15) is 0 Å². The smallest absolute Gasteiger partial charge is 0.312 e. The largest absolute Gasteiger partial charge is 0.481 e. The molecule has 1 heterocycles. The first kappa shape index (κ1) is 23.4. The fraction of sp³-hybridized carbons (Fsp3) is 0.321. The van der Waals surface area contributed by atoms with Gasteiger partial charge in [-0.1, -0.05) is 89.9 Å². The predicted octanol–water partition coefficient (Wildman–Crippen LogP) is 5.96. The van der Waals surface area contributed by atoms with Crippen LogP contribution >= 0.6 is 23.2 Å². The van der Waals surface area contributed by atoms with Crippen LogP contribution in [0.4, 0.5) is 0 Å². The number of carbonyl (C=O) groups is 1. The van der Waals surface area contributed by atoms with Gasteiger partial charge in [-0.15, -0.1) is 0 Å². The van der Waals surface area contributed by atoms with Gasteiger partial charge in [-0.05, 0) is 41.7 Å². The Balaban J connectivity index is 1.62. The van der Waals surface area contributed by atoms with Gasteiger partial charge in [-0.2, -0.15) is 0 Å². The van der Waals surface area contributed by atoms with Gasteiger partial charge in [0.2, 0.25) is 0 Å². The van der Waals surface area contributed by atoms with E-state index < -0.39 is 22.9 Å². The van der Waals surface area contributed by atoms with Gasteiger partial charge in [0.25, 0.3) is 0 Å². The molecule has 0 aromatic heterocycles. The quantitative estimate of drug-likeness (QED) is 0.458. The molecule has 2 N–H and O–H groups in total. The molecule has 1 aliphatic carbocycles. The minimum absolute atomic E-state index is 0.208. The van der Waals surface area contributed by atoms with Gasteiger partial charge < -0.3 is 10.2 Å². The van der Waals surface area contributed by atoms with Crippen LogP contribution in [0.5, 0.6) is 0 Å². The van der Waals surface area contributed by atoms with E-state index in [4.69, 9.17) is 23.2 Å². The van der Waals surface area contributed by atoms with E-state index in [9.17, 15) is 15.0 Å². The molecule has 4 nitrogen and oxygen atoms in total. The molecule has 34 heavy (non-hydrogen) atoms. The molecule has 1 saturated carbocycles. The van der Waals surface area contributed by atoms with Crippen LogP contribution in [-0.2, 0) is 16.9 Å². The van der Waals surface area contributed by atoms with Crippen LogP contribution in [0.25, 0.3) is 0 Å². The molecule has 0 radical (unpaired) electrons. The lowest BCUT2D eigenvalue weighted by atomic mass is 9.53. The van der Waals surface area contributed by atoms with Crippen molar-refractivity contribution in [3.8, 4) is 0 Å². The lowest BCUT2D eigenvalue weighted by Gasteiger charge is -2.51. The number of fused-ring (bicyclic) bond motifs is 1. The van der Waals surface area contributed by atoms with Crippen LogP contribution in [0.1, 0.15) is 35.4 Å². The average molecular weight is 496 g/mol. The van der Waals surface area contributed by atoms with Gasteiger partial charge in [0, 0.05) is 31.5 Å². The van der Waals surface area contributed by atoms with Crippen molar-refractivity contribution >= 4 is 29.2 Å². The number of benzene rings is 3. The molecule has 2 fully saturated rings. The molecule has 5 rings (SSSR count). The maximum atomic E-state index is 13.2. The zero-order valence-corrected chi connectivity index (χ0v) is 20.2. The maximum absolute atomic E-state index is 13.2. The molecule has 0 spiro atoms. The minimum Gasteiger partial charge on any atom is -0.481 e. The summed E-state index contributed by atoms with van der Waals surface area (Å²) < 4.78 is 0. The first-order valence-corrected chi connectivity index (χ1v) is 12.3. The molecular weight excluding hydrogens is 469 g/mol.